The van der Waals surface area contributed by atoms with Crippen LogP contribution in [0.25, 0.3) is 0 Å². The number of benzene rings is 1. The van der Waals surface area contributed by atoms with Gasteiger partial charge in [0.1, 0.15) is 0 Å². The molecule has 10 heavy (non-hydrogen) atoms. The van der Waals surface area contributed by atoms with Crippen molar-refractivity contribution < 1.29 is 0 Å². The van der Waals surface area contributed by atoms with E-state index in [1.54, 1.807) is 12.1 Å². The number of hydrogen-bond acceptors (Lipinski definition) is 0. The van der Waals surface area contributed by atoms with Gasteiger partial charge < -0.3 is 0 Å². The molecule has 0 aliphatic rings. The molecule has 0 aliphatic carbocycles. The highest BCUT2D eigenvalue weighted by Gasteiger charge is 2.05. The third-order valence-corrected chi connectivity index (χ3v) is 3.39. The van der Waals surface area contributed by atoms with Gasteiger partial charge in [-0.25, -0.2) is 0 Å². The van der Waals surface area contributed by atoms with Gasteiger partial charge in [-0.05, 0) is 17.3 Å². The van der Waals surface area contributed by atoms with Crippen molar-refractivity contribution in [2.45, 2.75) is 0 Å². The van der Waals surface area contributed by atoms with Crippen molar-refractivity contribution in [1.82, 2.24) is 0 Å². The Labute approximate surface area is 75.7 Å². The lowest BCUT2D eigenvalue weighted by Gasteiger charge is -1.96. The number of hydrogen-bond donors (Lipinski definition) is 0. The van der Waals surface area contributed by atoms with Crippen LogP contribution in [0, 0.1) is 0 Å². The van der Waals surface area contributed by atoms with Crippen LogP contribution in [0.3, 0.4) is 0 Å². The fourth-order valence-electron chi connectivity index (χ4n) is 0.576. The van der Waals surface area contributed by atoms with Gasteiger partial charge >= 0.3 is 7.42 Å². The maximum atomic E-state index is 5.68. The molecular weight excluding hydrogens is 207 g/mol. The summed E-state index contributed by atoms with van der Waals surface area (Å²) in [5.74, 6) is 0. The Balaban J connectivity index is 2.89. The Hall–Kier alpha value is 0.307. The number of rotatable bonds is 1. The van der Waals surface area contributed by atoms with Crippen LogP contribution in [0.15, 0.2) is 24.3 Å². The molecule has 0 aliphatic heterocycles. The average Bonchev–Trinajstić information content (AvgIpc) is 1.88. The molecule has 1 aromatic carbocycles. The van der Waals surface area contributed by atoms with Gasteiger partial charge in [-0.2, -0.15) is 0 Å². The second kappa shape index (κ2) is 3.63. The van der Waals surface area contributed by atoms with Crippen LogP contribution < -0.4 is 5.19 Å². The van der Waals surface area contributed by atoms with Crippen LogP contribution in [0.1, 0.15) is 0 Å². The second-order valence-corrected chi connectivity index (χ2v) is 6.15. The van der Waals surface area contributed by atoms with Crippen LogP contribution >= 0.6 is 33.8 Å². The Morgan fingerprint density at radius 2 is 1.50 bits per heavy atom. The van der Waals surface area contributed by atoms with Crippen molar-refractivity contribution in [3.63, 3.8) is 0 Å². The largest absolute Gasteiger partial charge is 0.307 e. The molecular formula is C6H4Cl3Si. The van der Waals surface area contributed by atoms with Crippen LogP contribution in [0.2, 0.25) is 5.02 Å². The van der Waals surface area contributed by atoms with Crippen molar-refractivity contribution in [1.29, 1.82) is 0 Å². The third kappa shape index (κ3) is 2.17. The van der Waals surface area contributed by atoms with Gasteiger partial charge in [0.05, 0.1) is 0 Å². The molecule has 0 saturated heterocycles. The molecule has 0 amide bonds. The molecule has 0 nitrogen and oxygen atoms in total. The van der Waals surface area contributed by atoms with E-state index in [1.807, 2.05) is 12.1 Å². The molecule has 0 aromatic heterocycles. The summed E-state index contributed by atoms with van der Waals surface area (Å²) >= 11 is 17.0. The first kappa shape index (κ1) is 8.40. The minimum absolute atomic E-state index is 0.709. The van der Waals surface area contributed by atoms with E-state index in [9.17, 15) is 0 Å². The van der Waals surface area contributed by atoms with E-state index in [1.165, 1.54) is 0 Å². The van der Waals surface area contributed by atoms with Gasteiger partial charge in [-0.1, -0.05) is 23.7 Å². The van der Waals surface area contributed by atoms with Crippen molar-refractivity contribution in [3.8, 4) is 0 Å². The van der Waals surface area contributed by atoms with Crippen LogP contribution in [0.4, 0.5) is 0 Å². The van der Waals surface area contributed by atoms with E-state index in [0.717, 1.165) is 5.19 Å². The van der Waals surface area contributed by atoms with Crippen LogP contribution in [0.5, 0.6) is 0 Å². The summed E-state index contributed by atoms with van der Waals surface area (Å²) in [6, 6.07) is 7.26. The van der Waals surface area contributed by atoms with Gasteiger partial charge in [0.25, 0.3) is 0 Å². The van der Waals surface area contributed by atoms with Gasteiger partial charge in [0.2, 0.25) is 0 Å². The Kier molecular flexibility index (Phi) is 3.05. The summed E-state index contributed by atoms with van der Waals surface area (Å²) in [5, 5.41) is 1.68. The highest BCUT2D eigenvalue weighted by atomic mass is 35.7. The molecule has 0 unspecified atom stereocenters. The third-order valence-electron chi connectivity index (χ3n) is 1.06. The van der Waals surface area contributed by atoms with Crippen molar-refractivity contribution in [3.05, 3.63) is 29.3 Å². The zero-order valence-electron chi connectivity index (χ0n) is 4.94. The first-order valence-electron chi connectivity index (χ1n) is 2.64. The van der Waals surface area contributed by atoms with E-state index in [0.29, 0.717) is 5.02 Å². The minimum atomic E-state index is -1.34. The Morgan fingerprint density at radius 1 is 1.00 bits per heavy atom. The zero-order chi connectivity index (χ0) is 7.56. The first-order chi connectivity index (χ1) is 4.70. The topological polar surface area (TPSA) is 0 Å². The lowest BCUT2D eigenvalue weighted by molar-refractivity contribution is 1.77. The summed E-state index contributed by atoms with van der Waals surface area (Å²) in [6.45, 7) is 0. The molecule has 0 heterocycles. The lowest BCUT2D eigenvalue weighted by Crippen LogP contribution is -2.16. The molecule has 0 spiro atoms. The molecule has 53 valence electrons. The highest BCUT2D eigenvalue weighted by molar-refractivity contribution is 7.39. The normalized spacial score (nSPS) is 10.4. The average molecular weight is 211 g/mol. The van der Waals surface area contributed by atoms with E-state index in [-0.39, 0.29) is 0 Å². The fraction of sp³-hybridized carbons (Fsp3) is 0. The molecule has 0 saturated carbocycles. The van der Waals surface area contributed by atoms with E-state index in [2.05, 4.69) is 0 Å². The molecule has 0 N–H and O–H groups in total. The smallest absolute Gasteiger partial charge is 0.140 e. The maximum absolute atomic E-state index is 5.68. The standard InChI is InChI=1S/C6H4Cl3Si/c7-5-1-3-6(4-2-5)10(8)9/h1-4H. The molecule has 1 rings (SSSR count). The minimum Gasteiger partial charge on any atom is -0.140 e. The Bertz CT molecular complexity index is 207. The fourth-order valence-corrected chi connectivity index (χ4v) is 1.88. The van der Waals surface area contributed by atoms with E-state index < -0.39 is 7.42 Å². The molecule has 0 atom stereocenters. The van der Waals surface area contributed by atoms with Gasteiger partial charge in [0, 0.05) is 5.02 Å². The predicted molar refractivity (Wildman–Crippen MR) is 48.5 cm³/mol. The van der Waals surface area contributed by atoms with E-state index in [4.69, 9.17) is 33.8 Å². The van der Waals surface area contributed by atoms with Crippen LogP contribution in [-0.4, -0.2) is 7.42 Å². The maximum Gasteiger partial charge on any atom is 0.307 e. The second-order valence-electron chi connectivity index (χ2n) is 1.77. The van der Waals surface area contributed by atoms with Gasteiger partial charge in [-0.15, -0.1) is 22.2 Å². The Morgan fingerprint density at radius 3 is 1.90 bits per heavy atom. The van der Waals surface area contributed by atoms with Crippen molar-refractivity contribution in [2.75, 3.05) is 0 Å². The summed E-state index contributed by atoms with van der Waals surface area (Å²) < 4.78 is 0. The molecule has 1 radical (unpaired) electrons. The summed E-state index contributed by atoms with van der Waals surface area (Å²) in [4.78, 5) is 0. The quantitative estimate of drug-likeness (QED) is 0.494. The molecule has 1 aromatic rings. The summed E-state index contributed by atoms with van der Waals surface area (Å²) in [6.07, 6.45) is 0. The van der Waals surface area contributed by atoms with Gasteiger partial charge in [-0.3, -0.25) is 0 Å². The van der Waals surface area contributed by atoms with Crippen molar-refractivity contribution >= 4 is 46.4 Å². The molecule has 0 bridgehead atoms. The zero-order valence-corrected chi connectivity index (χ0v) is 8.21. The SMILES string of the molecule is Clc1ccc([Si](Cl)Cl)cc1. The first-order valence-corrected chi connectivity index (χ1v) is 6.54. The number of halogens is 3. The summed E-state index contributed by atoms with van der Waals surface area (Å²) in [7, 11) is -1.34. The highest BCUT2D eigenvalue weighted by Crippen LogP contribution is 2.06. The lowest BCUT2D eigenvalue weighted by atomic mass is 10.4. The van der Waals surface area contributed by atoms with Crippen molar-refractivity contribution in [2.24, 2.45) is 0 Å². The molecule has 0 fully saturated rings. The predicted octanol–water partition coefficient (Wildman–Crippen LogP) is 2.51. The van der Waals surface area contributed by atoms with E-state index >= 15 is 0 Å². The summed E-state index contributed by atoms with van der Waals surface area (Å²) in [5.41, 5.74) is 0. The van der Waals surface area contributed by atoms with Crippen LogP contribution in [-0.2, 0) is 0 Å². The molecule has 4 heteroatoms. The van der Waals surface area contributed by atoms with Gasteiger partial charge in [0.15, 0.2) is 0 Å². The monoisotopic (exact) mass is 209 g/mol.